The van der Waals surface area contributed by atoms with Gasteiger partial charge in [-0.15, -0.1) is 0 Å². The summed E-state index contributed by atoms with van der Waals surface area (Å²) in [7, 11) is 0. The van der Waals surface area contributed by atoms with E-state index in [1.165, 1.54) is 38.5 Å². The van der Waals surface area contributed by atoms with Crippen molar-refractivity contribution >= 4 is 5.78 Å². The van der Waals surface area contributed by atoms with Crippen LogP contribution < -0.4 is 0 Å². The third kappa shape index (κ3) is 3.61. The fourth-order valence-corrected chi connectivity index (χ4v) is 9.06. The molecule has 0 aromatic rings. The fourth-order valence-electron chi connectivity index (χ4n) is 9.06. The first-order valence-electron chi connectivity index (χ1n) is 13.3. The van der Waals surface area contributed by atoms with Crippen molar-refractivity contribution < 1.29 is 9.90 Å². The molecule has 30 heavy (non-hydrogen) atoms. The maximum Gasteiger partial charge on any atom is 0.136 e. The van der Waals surface area contributed by atoms with Gasteiger partial charge in [-0.1, -0.05) is 54.4 Å². The van der Waals surface area contributed by atoms with Crippen LogP contribution in [0.3, 0.4) is 0 Å². The Hall–Kier alpha value is -0.370. The van der Waals surface area contributed by atoms with E-state index in [0.29, 0.717) is 23.0 Å². The molecule has 2 unspecified atom stereocenters. The van der Waals surface area contributed by atoms with E-state index in [1.807, 2.05) is 0 Å². The summed E-state index contributed by atoms with van der Waals surface area (Å²) in [4.78, 5) is 13.3. The summed E-state index contributed by atoms with van der Waals surface area (Å²) in [5, 5.41) is 10.2. The van der Waals surface area contributed by atoms with Crippen molar-refractivity contribution in [3.05, 3.63) is 0 Å². The van der Waals surface area contributed by atoms with Crippen LogP contribution in [0.1, 0.15) is 106 Å². The van der Waals surface area contributed by atoms with Crippen LogP contribution in [-0.2, 0) is 4.79 Å². The Morgan fingerprint density at radius 1 is 0.933 bits per heavy atom. The number of aliphatic hydroxyl groups excluding tert-OH is 1. The molecule has 0 radical (unpaired) electrons. The highest BCUT2D eigenvalue weighted by Crippen LogP contribution is 2.67. The first kappa shape index (κ1) is 22.8. The van der Waals surface area contributed by atoms with E-state index in [9.17, 15) is 9.90 Å². The molecule has 4 fully saturated rings. The average molecular weight is 417 g/mol. The topological polar surface area (TPSA) is 37.3 Å². The smallest absolute Gasteiger partial charge is 0.136 e. The Morgan fingerprint density at radius 3 is 2.30 bits per heavy atom. The highest BCUT2D eigenvalue weighted by atomic mass is 16.3. The van der Waals surface area contributed by atoms with Crippen molar-refractivity contribution in [2.45, 2.75) is 112 Å². The zero-order chi connectivity index (χ0) is 21.8. The quantitative estimate of drug-likeness (QED) is 0.529. The lowest BCUT2D eigenvalue weighted by Crippen LogP contribution is -2.57. The van der Waals surface area contributed by atoms with Gasteiger partial charge in [-0.25, -0.2) is 0 Å². The number of rotatable bonds is 5. The Bertz CT molecular complexity index is 641. The van der Waals surface area contributed by atoms with E-state index in [1.54, 1.807) is 0 Å². The lowest BCUT2D eigenvalue weighted by molar-refractivity contribution is -0.160. The van der Waals surface area contributed by atoms with E-state index in [2.05, 4.69) is 41.5 Å². The highest BCUT2D eigenvalue weighted by Gasteiger charge is 2.62. The van der Waals surface area contributed by atoms with Gasteiger partial charge in [0.1, 0.15) is 5.78 Å². The number of fused-ring (bicyclic) bond motifs is 5. The van der Waals surface area contributed by atoms with Crippen molar-refractivity contribution in [2.75, 3.05) is 0 Å². The van der Waals surface area contributed by atoms with Gasteiger partial charge >= 0.3 is 0 Å². The first-order valence-corrected chi connectivity index (χ1v) is 13.3. The summed E-state index contributed by atoms with van der Waals surface area (Å²) >= 11 is 0. The number of Topliss-reactive ketones (excluding diaryl/α,β-unsaturated/α-hetero) is 1. The molecule has 0 amide bonds. The molecule has 0 aliphatic heterocycles. The fraction of sp³-hybridized carbons (Fsp3) is 0.964. The highest BCUT2D eigenvalue weighted by molar-refractivity contribution is 5.83. The number of hydrogen-bond donors (Lipinski definition) is 1. The number of ketones is 1. The van der Waals surface area contributed by atoms with Gasteiger partial charge in [0.2, 0.25) is 0 Å². The van der Waals surface area contributed by atoms with Crippen LogP contribution in [0.15, 0.2) is 0 Å². The molecule has 0 aromatic carbocycles. The van der Waals surface area contributed by atoms with E-state index in [4.69, 9.17) is 0 Å². The second-order valence-corrected chi connectivity index (χ2v) is 13.0. The van der Waals surface area contributed by atoms with Gasteiger partial charge in [0.05, 0.1) is 6.10 Å². The van der Waals surface area contributed by atoms with Gasteiger partial charge in [0.15, 0.2) is 0 Å². The third-order valence-electron chi connectivity index (χ3n) is 11.4. The summed E-state index contributed by atoms with van der Waals surface area (Å²) in [5.74, 6) is 5.95. The second kappa shape index (κ2) is 8.20. The summed E-state index contributed by atoms with van der Waals surface area (Å²) in [5.41, 5.74) is 0.594. The minimum Gasteiger partial charge on any atom is -0.393 e. The van der Waals surface area contributed by atoms with Crippen LogP contribution in [0.2, 0.25) is 0 Å². The monoisotopic (exact) mass is 416 g/mol. The lowest BCUT2D eigenvalue weighted by atomic mass is 9.44. The largest absolute Gasteiger partial charge is 0.393 e. The average Bonchev–Trinajstić information content (AvgIpc) is 3.04. The summed E-state index contributed by atoms with van der Waals surface area (Å²) in [6.45, 7) is 14.7. The van der Waals surface area contributed by atoms with Crippen molar-refractivity contribution in [1.82, 2.24) is 0 Å². The van der Waals surface area contributed by atoms with E-state index in [0.717, 1.165) is 55.3 Å². The molecule has 4 saturated carbocycles. The minimum absolute atomic E-state index is 0.125. The number of carbonyl (C=O) groups excluding carboxylic acids is 1. The van der Waals surface area contributed by atoms with E-state index < -0.39 is 0 Å². The molecular formula is C28H48O2. The van der Waals surface area contributed by atoms with Crippen LogP contribution in [0, 0.1) is 58.2 Å². The van der Waals surface area contributed by atoms with Crippen LogP contribution in [-0.4, -0.2) is 17.0 Å². The molecule has 2 heteroatoms. The Balaban J connectivity index is 1.50. The van der Waals surface area contributed by atoms with Gasteiger partial charge in [0, 0.05) is 12.3 Å². The molecule has 0 spiro atoms. The molecule has 1 N–H and O–H groups in total. The van der Waals surface area contributed by atoms with Gasteiger partial charge in [-0.3, -0.25) is 4.79 Å². The summed E-state index contributed by atoms with van der Waals surface area (Å²) < 4.78 is 0. The maximum absolute atomic E-state index is 13.3. The van der Waals surface area contributed by atoms with E-state index in [-0.39, 0.29) is 17.4 Å². The Morgan fingerprint density at radius 2 is 1.60 bits per heavy atom. The maximum atomic E-state index is 13.3. The normalized spacial score (nSPS) is 48.1. The van der Waals surface area contributed by atoms with Gasteiger partial charge in [-0.05, 0) is 97.2 Å². The first-order chi connectivity index (χ1) is 14.1. The van der Waals surface area contributed by atoms with Crippen molar-refractivity contribution in [1.29, 1.82) is 0 Å². The van der Waals surface area contributed by atoms with Crippen LogP contribution in [0.4, 0.5) is 0 Å². The predicted molar refractivity (Wildman–Crippen MR) is 124 cm³/mol. The van der Waals surface area contributed by atoms with Crippen molar-refractivity contribution in [2.24, 2.45) is 58.2 Å². The second-order valence-electron chi connectivity index (χ2n) is 13.0. The van der Waals surface area contributed by atoms with Crippen LogP contribution in [0.5, 0.6) is 0 Å². The van der Waals surface area contributed by atoms with E-state index >= 15 is 0 Å². The standard InChI is InChI=1S/C28H48O2/c1-17(2)18(3)7-8-19(4)22-9-10-23-21-16-26(30)25-15-20(29)11-13-28(25,6)24(21)12-14-27(22,23)5/h17-25,29H,7-16H2,1-6H3/t18-,19-,20?,21+,22-,23+,24+,25?,27-,28-/m1/s1. The van der Waals surface area contributed by atoms with Gasteiger partial charge < -0.3 is 5.11 Å². The summed E-state index contributed by atoms with van der Waals surface area (Å²) in [6.07, 6.45) is 11.4. The molecule has 4 rings (SSSR count). The molecule has 2 nitrogen and oxygen atoms in total. The molecule has 0 bridgehead atoms. The zero-order valence-corrected chi connectivity index (χ0v) is 20.6. The Kier molecular flexibility index (Phi) is 6.23. The summed E-state index contributed by atoms with van der Waals surface area (Å²) in [6, 6.07) is 0. The molecule has 10 atom stereocenters. The van der Waals surface area contributed by atoms with Crippen LogP contribution in [0.25, 0.3) is 0 Å². The predicted octanol–water partition coefficient (Wildman–Crippen LogP) is 6.89. The molecule has 172 valence electrons. The zero-order valence-electron chi connectivity index (χ0n) is 20.6. The minimum atomic E-state index is -0.248. The lowest BCUT2D eigenvalue weighted by Gasteiger charge is -2.60. The number of aliphatic hydroxyl groups is 1. The Labute approximate surface area is 186 Å². The molecule has 0 saturated heterocycles. The van der Waals surface area contributed by atoms with Crippen molar-refractivity contribution in [3.63, 3.8) is 0 Å². The molecule has 4 aliphatic rings. The number of hydrogen-bond acceptors (Lipinski definition) is 2. The van der Waals surface area contributed by atoms with Crippen LogP contribution >= 0.6 is 0 Å². The van der Waals surface area contributed by atoms with Gasteiger partial charge in [-0.2, -0.15) is 0 Å². The number of carbonyl (C=O) groups is 1. The van der Waals surface area contributed by atoms with Gasteiger partial charge in [0.25, 0.3) is 0 Å². The molecule has 4 aliphatic carbocycles. The molecule has 0 aromatic heterocycles. The van der Waals surface area contributed by atoms with Crippen molar-refractivity contribution in [3.8, 4) is 0 Å². The third-order valence-corrected chi connectivity index (χ3v) is 11.4. The molecular weight excluding hydrogens is 368 g/mol. The molecule has 0 heterocycles. The SMILES string of the molecule is CC(C)[C@H](C)CC[C@@H](C)[C@H]1CC[C@H]2[C@@H]3CC(=O)C4CC(O)CC[C@]4(C)[C@H]3CC[C@]12C.